The zero-order valence-corrected chi connectivity index (χ0v) is 8.68. The summed E-state index contributed by atoms with van der Waals surface area (Å²) in [6, 6.07) is 0. The normalized spacial score (nSPS) is 10.0. The minimum Gasteiger partial charge on any atom is -0.345 e. The molecular weight excluding hydrogens is 166 g/mol. The summed E-state index contributed by atoms with van der Waals surface area (Å²) in [5, 5.41) is 6.12. The van der Waals surface area contributed by atoms with Crippen molar-refractivity contribution in [1.29, 1.82) is 0 Å². The average molecular weight is 187 g/mol. The predicted molar refractivity (Wildman–Crippen MR) is 54.7 cm³/mol. The lowest BCUT2D eigenvalue weighted by atomic mass is 10.3. The summed E-state index contributed by atoms with van der Waals surface area (Å²) in [5.41, 5.74) is 0. The first-order valence-corrected chi connectivity index (χ1v) is 4.83. The smallest absolute Gasteiger partial charge is 0.209 e. The molecule has 0 saturated heterocycles. The zero-order chi connectivity index (χ0) is 9.94. The molecule has 0 radical (unpaired) electrons. The Kier molecular flexibility index (Phi) is 9.03. The van der Waals surface area contributed by atoms with Crippen molar-refractivity contribution >= 4 is 6.41 Å². The van der Waals surface area contributed by atoms with E-state index < -0.39 is 0 Å². The number of carbonyl (C=O) groups excluding carboxylic acids is 1. The molecule has 0 aliphatic carbocycles. The van der Waals surface area contributed by atoms with Gasteiger partial charge >= 0.3 is 0 Å². The molecule has 0 rings (SSSR count). The number of hydrogen-bond acceptors (Lipinski definition) is 3. The number of amides is 1. The summed E-state index contributed by atoms with van der Waals surface area (Å²) < 4.78 is 0. The van der Waals surface area contributed by atoms with Gasteiger partial charge in [0.05, 0.1) is 0 Å². The molecule has 0 spiro atoms. The van der Waals surface area contributed by atoms with E-state index in [4.69, 9.17) is 0 Å². The summed E-state index contributed by atoms with van der Waals surface area (Å²) in [4.78, 5) is 12.4. The molecule has 0 fully saturated rings. The van der Waals surface area contributed by atoms with Gasteiger partial charge in [0.1, 0.15) is 0 Å². The van der Waals surface area contributed by atoms with Crippen molar-refractivity contribution in [2.75, 3.05) is 40.3 Å². The van der Waals surface area contributed by atoms with E-state index in [0.29, 0.717) is 0 Å². The monoisotopic (exact) mass is 187 g/mol. The van der Waals surface area contributed by atoms with Gasteiger partial charge < -0.3 is 15.5 Å². The molecule has 0 unspecified atom stereocenters. The van der Waals surface area contributed by atoms with Gasteiger partial charge in [-0.25, -0.2) is 0 Å². The molecule has 0 aromatic carbocycles. The molecule has 1 amide bonds. The maximum Gasteiger partial charge on any atom is 0.209 e. The Morgan fingerprint density at radius 1 is 1.08 bits per heavy atom. The molecule has 0 atom stereocenters. The van der Waals surface area contributed by atoms with Gasteiger partial charge in [-0.15, -0.1) is 0 Å². The van der Waals surface area contributed by atoms with Crippen LogP contribution < -0.4 is 10.6 Å². The van der Waals surface area contributed by atoms with Crippen LogP contribution in [0.4, 0.5) is 0 Å². The standard InChI is InChI=1S/C9H21N3O/c1-10-5-3-7-12(9-13)8-4-6-11-2/h9-11H,3-8H2,1-2H3. The van der Waals surface area contributed by atoms with Gasteiger partial charge in [0, 0.05) is 13.1 Å². The lowest BCUT2D eigenvalue weighted by molar-refractivity contribution is -0.118. The Morgan fingerprint density at radius 3 is 1.85 bits per heavy atom. The van der Waals surface area contributed by atoms with Crippen molar-refractivity contribution in [3.05, 3.63) is 0 Å². The molecule has 4 nitrogen and oxygen atoms in total. The van der Waals surface area contributed by atoms with Gasteiger partial charge in [-0.2, -0.15) is 0 Å². The van der Waals surface area contributed by atoms with Crippen LogP contribution in [0.15, 0.2) is 0 Å². The third-order valence-electron chi connectivity index (χ3n) is 1.89. The number of carbonyl (C=O) groups is 1. The Labute approximate surface area is 80.7 Å². The molecule has 4 heteroatoms. The van der Waals surface area contributed by atoms with E-state index in [0.717, 1.165) is 45.4 Å². The number of nitrogens with zero attached hydrogens (tertiary/aromatic N) is 1. The van der Waals surface area contributed by atoms with Crippen LogP contribution in [0.1, 0.15) is 12.8 Å². The first-order chi connectivity index (χ1) is 6.35. The maximum atomic E-state index is 10.6. The number of hydrogen-bond donors (Lipinski definition) is 2. The minimum absolute atomic E-state index is 0.855. The summed E-state index contributed by atoms with van der Waals surface area (Å²) in [6.07, 6.45) is 2.98. The Morgan fingerprint density at radius 2 is 1.54 bits per heavy atom. The van der Waals surface area contributed by atoms with Crippen molar-refractivity contribution in [2.24, 2.45) is 0 Å². The number of rotatable bonds is 9. The highest BCUT2D eigenvalue weighted by Crippen LogP contribution is 1.89. The van der Waals surface area contributed by atoms with Crippen molar-refractivity contribution in [3.8, 4) is 0 Å². The Balaban J connectivity index is 3.34. The first-order valence-electron chi connectivity index (χ1n) is 4.83. The van der Waals surface area contributed by atoms with E-state index in [9.17, 15) is 4.79 Å². The largest absolute Gasteiger partial charge is 0.345 e. The van der Waals surface area contributed by atoms with E-state index in [2.05, 4.69) is 10.6 Å². The van der Waals surface area contributed by atoms with Crippen LogP contribution in [0.2, 0.25) is 0 Å². The van der Waals surface area contributed by atoms with Crippen LogP contribution in [-0.4, -0.2) is 51.6 Å². The second-order valence-electron chi connectivity index (χ2n) is 3.06. The second-order valence-corrected chi connectivity index (χ2v) is 3.06. The quantitative estimate of drug-likeness (QED) is 0.383. The molecular formula is C9H21N3O. The lowest BCUT2D eigenvalue weighted by Gasteiger charge is -2.16. The fourth-order valence-corrected chi connectivity index (χ4v) is 1.14. The zero-order valence-electron chi connectivity index (χ0n) is 8.68. The van der Waals surface area contributed by atoms with Crippen molar-refractivity contribution < 1.29 is 4.79 Å². The third-order valence-corrected chi connectivity index (χ3v) is 1.89. The fourth-order valence-electron chi connectivity index (χ4n) is 1.14. The maximum absolute atomic E-state index is 10.6. The van der Waals surface area contributed by atoms with Crippen LogP contribution in [-0.2, 0) is 4.79 Å². The Bertz CT molecular complexity index is 109. The second kappa shape index (κ2) is 9.48. The highest BCUT2D eigenvalue weighted by Gasteiger charge is 1.99. The number of nitrogens with one attached hydrogen (secondary N) is 2. The van der Waals surface area contributed by atoms with Crippen LogP contribution >= 0.6 is 0 Å². The highest BCUT2D eigenvalue weighted by molar-refractivity contribution is 5.46. The van der Waals surface area contributed by atoms with E-state index in [1.807, 2.05) is 19.0 Å². The van der Waals surface area contributed by atoms with E-state index in [1.165, 1.54) is 0 Å². The van der Waals surface area contributed by atoms with Crippen LogP contribution in [0.25, 0.3) is 0 Å². The SMILES string of the molecule is CNCCCN(C=O)CCCNC. The van der Waals surface area contributed by atoms with Crippen LogP contribution in [0.5, 0.6) is 0 Å². The molecule has 0 aromatic heterocycles. The van der Waals surface area contributed by atoms with Gasteiger partial charge in [-0.3, -0.25) is 4.79 Å². The molecule has 2 N–H and O–H groups in total. The van der Waals surface area contributed by atoms with E-state index >= 15 is 0 Å². The molecule has 0 aliphatic heterocycles. The van der Waals surface area contributed by atoms with Crippen LogP contribution in [0.3, 0.4) is 0 Å². The van der Waals surface area contributed by atoms with E-state index in [1.54, 1.807) is 0 Å². The summed E-state index contributed by atoms with van der Waals surface area (Å²) in [5.74, 6) is 0. The molecule has 0 bridgehead atoms. The Hall–Kier alpha value is -0.610. The van der Waals surface area contributed by atoms with Gasteiger partial charge in [0.2, 0.25) is 6.41 Å². The van der Waals surface area contributed by atoms with Gasteiger partial charge in [-0.1, -0.05) is 0 Å². The van der Waals surface area contributed by atoms with Crippen molar-refractivity contribution in [1.82, 2.24) is 15.5 Å². The topological polar surface area (TPSA) is 44.4 Å². The summed E-state index contributed by atoms with van der Waals surface area (Å²) >= 11 is 0. The van der Waals surface area contributed by atoms with Gasteiger partial charge in [-0.05, 0) is 40.0 Å². The lowest BCUT2D eigenvalue weighted by Crippen LogP contribution is -2.28. The average Bonchev–Trinajstić information content (AvgIpc) is 2.16. The summed E-state index contributed by atoms with van der Waals surface area (Å²) in [7, 11) is 3.85. The molecule has 0 heterocycles. The highest BCUT2D eigenvalue weighted by atomic mass is 16.1. The minimum atomic E-state index is 0.855. The predicted octanol–water partition coefficient (Wildman–Crippen LogP) is -0.336. The van der Waals surface area contributed by atoms with Gasteiger partial charge in [0.25, 0.3) is 0 Å². The molecule has 0 aliphatic rings. The fraction of sp³-hybridized carbons (Fsp3) is 0.889. The van der Waals surface area contributed by atoms with Crippen molar-refractivity contribution in [3.63, 3.8) is 0 Å². The third kappa shape index (κ3) is 7.74. The van der Waals surface area contributed by atoms with Crippen LogP contribution in [0, 0.1) is 0 Å². The molecule has 13 heavy (non-hydrogen) atoms. The molecule has 0 saturated carbocycles. The van der Waals surface area contributed by atoms with E-state index in [-0.39, 0.29) is 0 Å². The molecule has 0 aromatic rings. The first kappa shape index (κ1) is 12.4. The van der Waals surface area contributed by atoms with Crippen molar-refractivity contribution in [2.45, 2.75) is 12.8 Å². The molecule has 78 valence electrons. The summed E-state index contributed by atoms with van der Waals surface area (Å²) in [6.45, 7) is 3.65. The van der Waals surface area contributed by atoms with Gasteiger partial charge in [0.15, 0.2) is 0 Å².